The molecule has 0 bridgehead atoms. The van der Waals surface area contributed by atoms with Crippen molar-refractivity contribution in [3.05, 3.63) is 61.3 Å². The lowest BCUT2D eigenvalue weighted by atomic mass is 9.90. The molecule has 560 valence electrons. The number of allylic oxidation sites excluding steroid dienone is 7. The number of hydrogen-bond donors (Lipinski definition) is 13. The molecule has 0 aromatic rings. The maximum atomic E-state index is 13.2. The van der Waals surface area contributed by atoms with E-state index in [1.807, 2.05) is 6.08 Å². The standard InChI is InChI=1S/C71H120O25S/c1-6-7-30-56-59(92-56)36-46(4)32-35-57-55(91-57)31-20-14-12-10-8-9-11-13-17-23-44(2)25-21-26-45(3)24-18-15-16-19-27-48(74)28-22-29-52(90-71-68(85)66(83)64(81)62(95-71)43-89-70-67(84)65(82)63(80)61(42-72)94-70)40-51(77)39-50(76)38-49(75)33-34-53(78)58-41-54(79)69(96-97(86,87)88)60(93-58)37-47(5)73/h6,8,10,13,17,21,25,44-45,47,49,51-73,75,77-85H,1,4,7,9,11-12,14-16,18-20,22-24,26-43H2,2-3,5H3,(H,86,87,88)/b10-8+,17-13+,25-21+/t44-,45+,47+,49+,51+,52+,53-,54-,55-,56-,57-,58-,59-,60+,61+,62+,63+,64+,65-,66-,67+,68+,69-,70+,71+/m1/s1. The first-order valence-electron chi connectivity index (χ1n) is 35.7. The van der Waals surface area contributed by atoms with Gasteiger partial charge in [0.25, 0.3) is 0 Å². The Bertz CT molecular complexity index is 2460. The molecular weight excluding hydrogens is 1280 g/mol. The number of ketones is 2. The molecule has 25 nitrogen and oxygen atoms in total. The first-order chi connectivity index (χ1) is 46.2. The fourth-order valence-electron chi connectivity index (χ4n) is 13.0. The van der Waals surface area contributed by atoms with Crippen LogP contribution in [-0.2, 0) is 57.3 Å². The smallest absolute Gasteiger partial charge is 0.394 e. The number of ether oxygens (including phenoxy) is 7. The lowest BCUT2D eigenvalue weighted by Gasteiger charge is -2.43. The van der Waals surface area contributed by atoms with Gasteiger partial charge in [0.05, 0.1) is 86.5 Å². The van der Waals surface area contributed by atoms with Crippen LogP contribution in [0.25, 0.3) is 0 Å². The maximum Gasteiger partial charge on any atom is 0.397 e. The number of aliphatic hydroxyl groups excluding tert-OH is 12. The normalized spacial score (nSPS) is 32.2. The molecule has 5 saturated heterocycles. The predicted octanol–water partition coefficient (Wildman–Crippen LogP) is 5.44. The van der Waals surface area contributed by atoms with Crippen molar-refractivity contribution in [1.82, 2.24) is 0 Å². The molecule has 0 unspecified atom stereocenters. The zero-order valence-electron chi connectivity index (χ0n) is 57.4. The van der Waals surface area contributed by atoms with E-state index in [1.54, 1.807) is 0 Å². The van der Waals surface area contributed by atoms with Crippen molar-refractivity contribution >= 4 is 22.0 Å². The minimum atomic E-state index is -5.02. The van der Waals surface area contributed by atoms with E-state index in [-0.39, 0.29) is 57.1 Å². The largest absolute Gasteiger partial charge is 0.397 e. The molecule has 5 aliphatic heterocycles. The summed E-state index contributed by atoms with van der Waals surface area (Å²) in [5, 5.41) is 127. The van der Waals surface area contributed by atoms with Crippen LogP contribution in [0.4, 0.5) is 0 Å². The molecule has 5 rings (SSSR count). The second-order valence-electron chi connectivity index (χ2n) is 28.0. The van der Waals surface area contributed by atoms with Gasteiger partial charge in [-0.1, -0.05) is 101 Å². The van der Waals surface area contributed by atoms with Crippen molar-refractivity contribution in [3.63, 3.8) is 0 Å². The summed E-state index contributed by atoms with van der Waals surface area (Å²) in [6.07, 6.45) is 6.12. The number of carbonyl (C=O) groups excluding carboxylic acids is 2. The Morgan fingerprint density at radius 2 is 1.23 bits per heavy atom. The Labute approximate surface area is 574 Å². The van der Waals surface area contributed by atoms with Crippen molar-refractivity contribution in [3.8, 4) is 0 Å². The Hall–Kier alpha value is -2.85. The van der Waals surface area contributed by atoms with Crippen molar-refractivity contribution < 1.29 is 121 Å². The summed E-state index contributed by atoms with van der Waals surface area (Å²) < 4.78 is 77.0. The van der Waals surface area contributed by atoms with E-state index >= 15 is 0 Å². The van der Waals surface area contributed by atoms with Crippen LogP contribution in [0.3, 0.4) is 0 Å². The quantitative estimate of drug-likeness (QED) is 0.0156. The van der Waals surface area contributed by atoms with E-state index in [2.05, 4.69) is 67.6 Å². The lowest BCUT2D eigenvalue weighted by Crippen LogP contribution is -2.62. The summed E-state index contributed by atoms with van der Waals surface area (Å²) in [4.78, 5) is 26.4. The van der Waals surface area contributed by atoms with E-state index in [9.17, 15) is 83.8 Å². The molecule has 5 heterocycles. The molecule has 97 heavy (non-hydrogen) atoms. The predicted molar refractivity (Wildman–Crippen MR) is 358 cm³/mol. The summed E-state index contributed by atoms with van der Waals surface area (Å²) in [6.45, 7) is 12.6. The molecular formula is C71H120O25S. The van der Waals surface area contributed by atoms with Crippen LogP contribution < -0.4 is 0 Å². The van der Waals surface area contributed by atoms with Crippen LogP contribution in [0.2, 0.25) is 0 Å². The van der Waals surface area contributed by atoms with Gasteiger partial charge in [-0.2, -0.15) is 8.42 Å². The average Bonchev–Trinajstić information content (AvgIpc) is 1.79. The molecule has 0 spiro atoms. The summed E-state index contributed by atoms with van der Waals surface area (Å²) in [5.41, 5.74) is 1.28. The van der Waals surface area contributed by atoms with Crippen molar-refractivity contribution in [2.45, 2.75) is 348 Å². The van der Waals surface area contributed by atoms with Crippen molar-refractivity contribution in [2.75, 3.05) is 13.2 Å². The maximum absolute atomic E-state index is 13.2. The first kappa shape index (κ1) is 84.8. The Kier molecular flexibility index (Phi) is 39.0. The van der Waals surface area contributed by atoms with Gasteiger partial charge in [-0.25, -0.2) is 4.18 Å². The Balaban J connectivity index is 0.972. The number of unbranched alkanes of at least 4 members (excludes halogenated alkanes) is 6. The molecule has 0 aromatic carbocycles. The average molecular weight is 1410 g/mol. The molecule has 0 aliphatic carbocycles. The van der Waals surface area contributed by atoms with Gasteiger partial charge in [0.15, 0.2) is 12.6 Å². The summed E-state index contributed by atoms with van der Waals surface area (Å²) in [6, 6.07) is 0. The number of carbonyl (C=O) groups is 2. The van der Waals surface area contributed by atoms with Crippen LogP contribution in [0, 0.1) is 11.8 Å². The second-order valence-corrected chi connectivity index (χ2v) is 29.0. The molecule has 0 aromatic heterocycles. The van der Waals surface area contributed by atoms with E-state index in [0.29, 0.717) is 49.1 Å². The van der Waals surface area contributed by atoms with Gasteiger partial charge in [0.1, 0.15) is 66.5 Å². The number of epoxide rings is 2. The molecule has 26 heteroatoms. The first-order valence-corrected chi connectivity index (χ1v) is 37.1. The van der Waals surface area contributed by atoms with Crippen molar-refractivity contribution in [1.29, 1.82) is 0 Å². The summed E-state index contributed by atoms with van der Waals surface area (Å²) in [5.74, 6) is 0.403. The Morgan fingerprint density at radius 1 is 0.588 bits per heavy atom. The highest BCUT2D eigenvalue weighted by Gasteiger charge is 2.49. The second kappa shape index (κ2) is 44.6. The molecule has 0 radical (unpaired) electrons. The SMILES string of the molecule is C=CCC[C@H]1O[C@@H]1CC(=C)CC[C@H]1O[C@@H]1CCCC/C=C/CC/C=C/C[C@@H](C)/C=C/C[C@@H](C)CCCCCCC(=O)CCC[C@@H](C[C@@H](O)CC(=O)C[C@@H](O)CC[C@@H](O)[C@H]1C[C@@H](O)[C@@H](OS(=O)(=O)O)[C@H](C[C@H](C)O)O1)O[C@H]1O[C@@H](CO[C@H]2O[C@@H](CO)[C@H](O)[C@@H](O)[C@@H]2O)[C@H](O)[C@@H](O)[C@@H]1O. The van der Waals surface area contributed by atoms with Crippen LogP contribution in [0.15, 0.2) is 61.3 Å². The van der Waals surface area contributed by atoms with Gasteiger partial charge in [-0.05, 0) is 128 Å². The van der Waals surface area contributed by atoms with Gasteiger partial charge in [-0.15, -0.1) is 6.58 Å². The minimum Gasteiger partial charge on any atom is -0.394 e. The number of rotatable bonds is 52. The third kappa shape index (κ3) is 32.6. The molecule has 0 amide bonds. The van der Waals surface area contributed by atoms with E-state index in [1.165, 1.54) is 25.3 Å². The van der Waals surface area contributed by atoms with E-state index < -0.39 is 159 Å². The molecule has 0 saturated carbocycles. The van der Waals surface area contributed by atoms with Gasteiger partial charge in [-0.3, -0.25) is 14.1 Å². The molecule has 13 N–H and O–H groups in total. The van der Waals surface area contributed by atoms with Crippen LogP contribution in [0.5, 0.6) is 0 Å². The monoisotopic (exact) mass is 1400 g/mol. The fourth-order valence-corrected chi connectivity index (χ4v) is 13.5. The molecule has 5 fully saturated rings. The number of Topliss-reactive ketones (excluding diaryl/α,β-unsaturated/α-hetero) is 2. The van der Waals surface area contributed by atoms with Gasteiger partial charge in [0, 0.05) is 44.9 Å². The highest BCUT2D eigenvalue weighted by molar-refractivity contribution is 7.80. The van der Waals surface area contributed by atoms with E-state index in [0.717, 1.165) is 96.3 Å². The zero-order valence-corrected chi connectivity index (χ0v) is 58.2. The number of hydrogen-bond acceptors (Lipinski definition) is 24. The molecule has 25 atom stereocenters. The van der Waals surface area contributed by atoms with Crippen LogP contribution >= 0.6 is 0 Å². The fraction of sp³-hybridized carbons (Fsp3) is 0.831. The van der Waals surface area contributed by atoms with Crippen LogP contribution in [0.1, 0.15) is 207 Å². The zero-order chi connectivity index (χ0) is 71.2. The third-order valence-corrected chi connectivity index (χ3v) is 19.4. The highest BCUT2D eigenvalue weighted by atomic mass is 32.3. The van der Waals surface area contributed by atoms with E-state index in [4.69, 9.17) is 33.2 Å². The van der Waals surface area contributed by atoms with Crippen molar-refractivity contribution in [2.24, 2.45) is 11.8 Å². The Morgan fingerprint density at radius 3 is 1.94 bits per heavy atom. The third-order valence-electron chi connectivity index (χ3n) is 19.0. The number of aliphatic hydroxyl groups is 12. The van der Waals surface area contributed by atoms with Gasteiger partial charge in [0.2, 0.25) is 0 Å². The topological polar surface area (TPSA) is 412 Å². The van der Waals surface area contributed by atoms with Crippen LogP contribution in [-0.4, -0.2) is 240 Å². The summed E-state index contributed by atoms with van der Waals surface area (Å²) >= 11 is 0. The van der Waals surface area contributed by atoms with Gasteiger partial charge < -0.3 is 94.4 Å². The highest BCUT2D eigenvalue weighted by Crippen LogP contribution is 2.37. The minimum absolute atomic E-state index is 0.00463. The lowest BCUT2D eigenvalue weighted by molar-refractivity contribution is -0.336. The molecule has 5 aliphatic rings. The summed E-state index contributed by atoms with van der Waals surface area (Å²) in [7, 11) is -5.02. The van der Waals surface area contributed by atoms with Gasteiger partial charge >= 0.3 is 10.4 Å².